The topological polar surface area (TPSA) is 21.3 Å². The molecular formula is C10H21NO. The zero-order valence-corrected chi connectivity index (χ0v) is 8.85. The van der Waals surface area contributed by atoms with Crippen LogP contribution in [0.1, 0.15) is 41.0 Å². The zero-order chi connectivity index (χ0) is 9.35. The molecule has 1 aliphatic rings. The van der Waals surface area contributed by atoms with Crippen molar-refractivity contribution in [3.05, 3.63) is 0 Å². The Hall–Kier alpha value is -0.0800. The summed E-state index contributed by atoms with van der Waals surface area (Å²) in [7, 11) is 0. The van der Waals surface area contributed by atoms with Crippen molar-refractivity contribution in [2.45, 2.75) is 58.9 Å². The van der Waals surface area contributed by atoms with Crippen LogP contribution in [0.15, 0.2) is 0 Å². The molecule has 2 heteroatoms. The highest BCUT2D eigenvalue weighted by molar-refractivity contribution is 4.86. The predicted octanol–water partition coefficient (Wildman–Crippen LogP) is 2.15. The highest BCUT2D eigenvalue weighted by atomic mass is 16.5. The largest absolute Gasteiger partial charge is 0.360 e. The smallest absolute Gasteiger partial charge is 0.111 e. The van der Waals surface area contributed by atoms with Crippen LogP contribution in [0.5, 0.6) is 0 Å². The Morgan fingerprint density at radius 3 is 2.42 bits per heavy atom. The van der Waals surface area contributed by atoms with Crippen LogP contribution in [0, 0.1) is 5.92 Å². The minimum absolute atomic E-state index is 0.226. The third-order valence-corrected chi connectivity index (χ3v) is 2.32. The lowest BCUT2D eigenvalue weighted by molar-refractivity contribution is -0.107. The van der Waals surface area contributed by atoms with Gasteiger partial charge in [0.05, 0.1) is 6.10 Å². The van der Waals surface area contributed by atoms with Gasteiger partial charge in [-0.2, -0.15) is 0 Å². The zero-order valence-electron chi connectivity index (χ0n) is 8.85. The van der Waals surface area contributed by atoms with E-state index in [1.165, 1.54) is 0 Å². The van der Waals surface area contributed by atoms with Gasteiger partial charge in [-0.25, -0.2) is 0 Å². The SMILES string of the molecule is CC1CC(C)(C)NC(C(C)C)O1. The number of hydrogen-bond acceptors (Lipinski definition) is 2. The lowest BCUT2D eigenvalue weighted by Crippen LogP contribution is -2.56. The van der Waals surface area contributed by atoms with E-state index in [-0.39, 0.29) is 11.8 Å². The first kappa shape index (κ1) is 10.0. The third kappa shape index (κ3) is 2.46. The average Bonchev–Trinajstić information content (AvgIpc) is 1.82. The molecule has 2 atom stereocenters. The van der Waals surface area contributed by atoms with Gasteiger partial charge >= 0.3 is 0 Å². The van der Waals surface area contributed by atoms with E-state index in [1.54, 1.807) is 0 Å². The first-order valence-corrected chi connectivity index (χ1v) is 4.84. The molecule has 2 unspecified atom stereocenters. The molecule has 1 heterocycles. The van der Waals surface area contributed by atoms with Gasteiger partial charge in [0.1, 0.15) is 6.23 Å². The van der Waals surface area contributed by atoms with Gasteiger partial charge in [0, 0.05) is 5.54 Å². The Kier molecular flexibility index (Phi) is 2.79. The summed E-state index contributed by atoms with van der Waals surface area (Å²) in [5.74, 6) is 0.548. The summed E-state index contributed by atoms with van der Waals surface area (Å²) in [6, 6.07) is 0. The van der Waals surface area contributed by atoms with Crippen LogP contribution >= 0.6 is 0 Å². The highest BCUT2D eigenvalue weighted by Crippen LogP contribution is 2.23. The maximum Gasteiger partial charge on any atom is 0.111 e. The van der Waals surface area contributed by atoms with Crippen molar-refractivity contribution in [2.75, 3.05) is 0 Å². The van der Waals surface area contributed by atoms with Crippen molar-refractivity contribution >= 4 is 0 Å². The van der Waals surface area contributed by atoms with Gasteiger partial charge in [0.2, 0.25) is 0 Å². The van der Waals surface area contributed by atoms with Crippen LogP contribution in [0.4, 0.5) is 0 Å². The molecule has 0 bridgehead atoms. The molecule has 0 aromatic heterocycles. The molecule has 0 amide bonds. The van der Waals surface area contributed by atoms with E-state index in [2.05, 4.69) is 39.9 Å². The number of ether oxygens (including phenoxy) is 1. The average molecular weight is 171 g/mol. The predicted molar refractivity (Wildman–Crippen MR) is 51.0 cm³/mol. The second-order valence-electron chi connectivity index (χ2n) is 4.84. The van der Waals surface area contributed by atoms with Crippen LogP contribution in [0.3, 0.4) is 0 Å². The lowest BCUT2D eigenvalue weighted by Gasteiger charge is -2.42. The number of hydrogen-bond donors (Lipinski definition) is 1. The van der Waals surface area contributed by atoms with Gasteiger partial charge in [0.15, 0.2) is 0 Å². The van der Waals surface area contributed by atoms with Gasteiger partial charge in [-0.05, 0) is 33.1 Å². The van der Waals surface area contributed by atoms with Crippen molar-refractivity contribution in [2.24, 2.45) is 5.92 Å². The summed E-state index contributed by atoms with van der Waals surface area (Å²) in [4.78, 5) is 0. The van der Waals surface area contributed by atoms with Crippen LogP contribution in [-0.4, -0.2) is 17.9 Å². The summed E-state index contributed by atoms with van der Waals surface area (Å²) < 4.78 is 5.77. The van der Waals surface area contributed by atoms with Crippen molar-refractivity contribution < 1.29 is 4.74 Å². The molecule has 1 rings (SSSR count). The molecule has 1 saturated heterocycles. The molecule has 1 aliphatic heterocycles. The van der Waals surface area contributed by atoms with Gasteiger partial charge in [-0.3, -0.25) is 5.32 Å². The van der Waals surface area contributed by atoms with Crippen molar-refractivity contribution in [1.29, 1.82) is 0 Å². The molecule has 72 valence electrons. The molecular weight excluding hydrogens is 150 g/mol. The standard InChI is InChI=1S/C10H21NO/c1-7(2)9-11-10(4,5)6-8(3)12-9/h7-9,11H,6H2,1-5H3. The molecule has 12 heavy (non-hydrogen) atoms. The molecule has 0 saturated carbocycles. The Bertz CT molecular complexity index is 154. The maximum atomic E-state index is 5.77. The first-order chi connectivity index (χ1) is 5.41. The first-order valence-electron chi connectivity index (χ1n) is 4.84. The third-order valence-electron chi connectivity index (χ3n) is 2.32. The van der Waals surface area contributed by atoms with Gasteiger partial charge in [-0.1, -0.05) is 13.8 Å². The van der Waals surface area contributed by atoms with Gasteiger partial charge in [0.25, 0.3) is 0 Å². The Labute approximate surface area is 75.7 Å². The summed E-state index contributed by atoms with van der Waals surface area (Å²) in [6.07, 6.45) is 1.70. The Morgan fingerprint density at radius 1 is 1.42 bits per heavy atom. The van der Waals surface area contributed by atoms with Crippen molar-refractivity contribution in [1.82, 2.24) is 5.32 Å². The number of nitrogens with one attached hydrogen (secondary N) is 1. The summed E-state index contributed by atoms with van der Waals surface area (Å²) >= 11 is 0. The summed E-state index contributed by atoms with van der Waals surface area (Å²) in [5, 5.41) is 3.50. The molecule has 0 aromatic carbocycles. The van der Waals surface area contributed by atoms with E-state index >= 15 is 0 Å². The highest BCUT2D eigenvalue weighted by Gasteiger charge is 2.32. The van der Waals surface area contributed by atoms with E-state index in [4.69, 9.17) is 4.74 Å². The fraction of sp³-hybridized carbons (Fsp3) is 1.00. The fourth-order valence-electron chi connectivity index (χ4n) is 1.82. The second-order valence-corrected chi connectivity index (χ2v) is 4.84. The van der Waals surface area contributed by atoms with Crippen LogP contribution in [0.25, 0.3) is 0 Å². The monoisotopic (exact) mass is 171 g/mol. The minimum Gasteiger partial charge on any atom is -0.360 e. The van der Waals surface area contributed by atoms with Crippen LogP contribution in [0.2, 0.25) is 0 Å². The number of rotatable bonds is 1. The molecule has 1 N–H and O–H groups in total. The normalized spacial score (nSPS) is 35.5. The Balaban J connectivity index is 2.58. The van der Waals surface area contributed by atoms with Crippen molar-refractivity contribution in [3.8, 4) is 0 Å². The fourth-order valence-corrected chi connectivity index (χ4v) is 1.82. The second kappa shape index (κ2) is 3.35. The molecule has 1 fully saturated rings. The van der Waals surface area contributed by atoms with E-state index in [1.807, 2.05) is 0 Å². The lowest BCUT2D eigenvalue weighted by atomic mass is 9.93. The molecule has 0 radical (unpaired) electrons. The molecule has 2 nitrogen and oxygen atoms in total. The van der Waals surface area contributed by atoms with Crippen LogP contribution in [-0.2, 0) is 4.74 Å². The molecule has 0 spiro atoms. The quantitative estimate of drug-likeness (QED) is 0.652. The van der Waals surface area contributed by atoms with E-state index in [9.17, 15) is 0 Å². The van der Waals surface area contributed by atoms with Crippen molar-refractivity contribution in [3.63, 3.8) is 0 Å². The summed E-state index contributed by atoms with van der Waals surface area (Å²) in [6.45, 7) is 11.0. The van der Waals surface area contributed by atoms with E-state index in [0.717, 1.165) is 6.42 Å². The Morgan fingerprint density at radius 2 is 2.00 bits per heavy atom. The molecule has 0 aliphatic carbocycles. The minimum atomic E-state index is 0.226. The summed E-state index contributed by atoms with van der Waals surface area (Å²) in [5.41, 5.74) is 0.229. The van der Waals surface area contributed by atoms with Gasteiger partial charge < -0.3 is 4.74 Å². The van der Waals surface area contributed by atoms with Crippen LogP contribution < -0.4 is 5.32 Å². The molecule has 0 aromatic rings. The maximum absolute atomic E-state index is 5.77. The van der Waals surface area contributed by atoms with E-state index in [0.29, 0.717) is 12.0 Å². The van der Waals surface area contributed by atoms with E-state index < -0.39 is 0 Å². The van der Waals surface area contributed by atoms with Gasteiger partial charge in [-0.15, -0.1) is 0 Å².